The maximum Gasteiger partial charge on any atom is 0.514 e. The van der Waals surface area contributed by atoms with Gasteiger partial charge in [0.25, 0.3) is 0 Å². The topological polar surface area (TPSA) is 42.0 Å². The Balaban J connectivity index is 1.54. The largest absolute Gasteiger partial charge is 0.514 e. The molecule has 0 N–H and O–H groups in total. The van der Waals surface area contributed by atoms with Gasteiger partial charge in [-0.3, -0.25) is 4.90 Å². The van der Waals surface area contributed by atoms with Gasteiger partial charge >= 0.3 is 6.16 Å². The Hall–Kier alpha value is -2.05. The minimum atomic E-state index is -0.692. The second-order valence-electron chi connectivity index (χ2n) is 7.56. The zero-order chi connectivity index (χ0) is 19.2. The van der Waals surface area contributed by atoms with Crippen LogP contribution in [0.2, 0.25) is 0 Å². The van der Waals surface area contributed by atoms with Crippen molar-refractivity contribution in [3.05, 3.63) is 58.1 Å². The van der Waals surface area contributed by atoms with Gasteiger partial charge in [-0.1, -0.05) is 37.3 Å². The number of benzene rings is 2. The molecule has 1 saturated heterocycles. The fraction of sp³-hybridized carbons (Fsp3) is 0.381. The Morgan fingerprint density at radius 2 is 2.00 bits per heavy atom. The van der Waals surface area contributed by atoms with Crippen LogP contribution in [0.25, 0.3) is 0 Å². The number of hydrogen-bond donors (Lipinski definition) is 0. The number of anilines is 1. The van der Waals surface area contributed by atoms with Gasteiger partial charge in [0.2, 0.25) is 0 Å². The van der Waals surface area contributed by atoms with Gasteiger partial charge in [-0.2, -0.15) is 0 Å². The molecule has 2 aromatic carbocycles. The first-order valence-electron chi connectivity index (χ1n) is 9.06. The molecule has 4 rings (SSSR count). The highest BCUT2D eigenvalue weighted by Crippen LogP contribution is 2.54. The van der Waals surface area contributed by atoms with E-state index in [0.29, 0.717) is 11.9 Å². The number of carbonyl (C=O) groups excluding carboxylic acids is 1. The number of rotatable bonds is 3. The van der Waals surface area contributed by atoms with Gasteiger partial charge in [0.1, 0.15) is 12.4 Å². The van der Waals surface area contributed by atoms with Crippen molar-refractivity contribution in [3.63, 3.8) is 0 Å². The maximum absolute atomic E-state index is 12.1. The molecule has 2 heterocycles. The minimum Gasteiger partial charge on any atom is -0.429 e. The van der Waals surface area contributed by atoms with Crippen molar-refractivity contribution in [3.8, 4) is 5.75 Å². The van der Waals surface area contributed by atoms with Crippen molar-refractivity contribution in [2.24, 2.45) is 0 Å². The van der Waals surface area contributed by atoms with E-state index in [1.54, 1.807) is 0 Å². The molecule has 2 aliphatic heterocycles. The third-order valence-corrected chi connectivity index (χ3v) is 6.35. The quantitative estimate of drug-likeness (QED) is 0.528. The molecular formula is C21H23BrN2O3. The van der Waals surface area contributed by atoms with Gasteiger partial charge in [0, 0.05) is 23.5 Å². The van der Waals surface area contributed by atoms with Crippen LogP contribution in [-0.2, 0) is 16.8 Å². The van der Waals surface area contributed by atoms with Crippen LogP contribution < -0.4 is 9.64 Å². The Labute approximate surface area is 168 Å². The first-order valence-corrected chi connectivity index (χ1v) is 9.85. The number of carbonyl (C=O) groups is 1. The van der Waals surface area contributed by atoms with E-state index in [2.05, 4.69) is 46.7 Å². The number of fused-ring (bicyclic) bond motifs is 3. The summed E-state index contributed by atoms with van der Waals surface area (Å²) in [6.07, 6.45) is 0.686. The van der Waals surface area contributed by atoms with Crippen LogP contribution in [0.4, 0.5) is 10.5 Å². The molecule has 27 heavy (non-hydrogen) atoms. The van der Waals surface area contributed by atoms with E-state index in [1.807, 2.05) is 42.5 Å². The third-order valence-electron chi connectivity index (χ3n) is 5.74. The van der Waals surface area contributed by atoms with E-state index in [-0.39, 0.29) is 12.0 Å². The molecule has 0 amide bonds. The number of nitrogens with zero attached hydrogens (tertiary/aromatic N) is 2. The third kappa shape index (κ3) is 3.11. The molecule has 1 fully saturated rings. The summed E-state index contributed by atoms with van der Waals surface area (Å²) >= 11 is 3.66. The average Bonchev–Trinajstić information content (AvgIpc) is 3.07. The molecule has 0 bridgehead atoms. The monoisotopic (exact) mass is 430 g/mol. The summed E-state index contributed by atoms with van der Waals surface area (Å²) < 4.78 is 11.6. The van der Waals surface area contributed by atoms with Crippen molar-refractivity contribution in [2.45, 2.75) is 31.5 Å². The van der Waals surface area contributed by atoms with Crippen molar-refractivity contribution in [1.82, 2.24) is 4.90 Å². The highest BCUT2D eigenvalue weighted by atomic mass is 79.9. The van der Waals surface area contributed by atoms with Gasteiger partial charge < -0.3 is 14.4 Å². The van der Waals surface area contributed by atoms with Crippen LogP contribution >= 0.6 is 15.9 Å². The Kier molecular flexibility index (Phi) is 4.64. The molecule has 2 atom stereocenters. The molecule has 0 saturated carbocycles. The number of likely N-dealkylation sites (N-methyl/N-ethyl adjacent to an activating group) is 2. The predicted molar refractivity (Wildman–Crippen MR) is 108 cm³/mol. The summed E-state index contributed by atoms with van der Waals surface area (Å²) in [5, 5.41) is 0. The predicted octanol–water partition coefficient (Wildman–Crippen LogP) is 4.53. The SMILES string of the molecule is CN1CC[C@@]2(C)c3cc(OC(=O)OCc4ccccc4)cc(Br)c3N(C)[C@@H]12. The van der Waals surface area contributed by atoms with Crippen LogP contribution in [0, 0.1) is 0 Å². The van der Waals surface area contributed by atoms with E-state index in [0.717, 1.165) is 23.0 Å². The highest BCUT2D eigenvalue weighted by Gasteiger charge is 2.53. The minimum absolute atomic E-state index is 0.00860. The lowest BCUT2D eigenvalue weighted by Crippen LogP contribution is -2.45. The zero-order valence-corrected chi connectivity index (χ0v) is 17.3. The van der Waals surface area contributed by atoms with Crippen LogP contribution in [0.1, 0.15) is 24.5 Å². The molecule has 142 valence electrons. The number of likely N-dealkylation sites (tertiary alicyclic amines) is 1. The van der Waals surface area contributed by atoms with E-state index >= 15 is 0 Å². The lowest BCUT2D eigenvalue weighted by Gasteiger charge is -2.32. The maximum atomic E-state index is 12.1. The van der Waals surface area contributed by atoms with Crippen LogP contribution in [0.15, 0.2) is 46.9 Å². The second-order valence-corrected chi connectivity index (χ2v) is 8.41. The number of hydrogen-bond acceptors (Lipinski definition) is 5. The smallest absolute Gasteiger partial charge is 0.429 e. The van der Waals surface area contributed by atoms with Crippen LogP contribution in [0.5, 0.6) is 5.75 Å². The van der Waals surface area contributed by atoms with Gasteiger partial charge in [0.05, 0.1) is 11.9 Å². The highest BCUT2D eigenvalue weighted by molar-refractivity contribution is 9.10. The first-order chi connectivity index (χ1) is 12.9. The molecule has 0 radical (unpaired) electrons. The van der Waals surface area contributed by atoms with E-state index in [9.17, 15) is 4.79 Å². The Morgan fingerprint density at radius 3 is 2.74 bits per heavy atom. The van der Waals surface area contributed by atoms with Crippen molar-refractivity contribution in [1.29, 1.82) is 0 Å². The summed E-state index contributed by atoms with van der Waals surface area (Å²) in [7, 11) is 4.28. The van der Waals surface area contributed by atoms with Crippen molar-refractivity contribution >= 4 is 27.8 Å². The van der Waals surface area contributed by atoms with E-state index in [1.165, 1.54) is 11.3 Å². The molecule has 2 aliphatic rings. The fourth-order valence-corrected chi connectivity index (χ4v) is 5.25. The summed E-state index contributed by atoms with van der Waals surface area (Å²) in [5.41, 5.74) is 3.31. The van der Waals surface area contributed by atoms with Crippen LogP contribution in [0.3, 0.4) is 0 Å². The summed E-state index contributed by atoms with van der Waals surface area (Å²) in [6, 6.07) is 13.4. The van der Waals surface area contributed by atoms with Gasteiger partial charge in [-0.05, 0) is 52.7 Å². The lowest BCUT2D eigenvalue weighted by molar-refractivity contribution is 0.0927. The second kappa shape index (κ2) is 6.84. The zero-order valence-electron chi connectivity index (χ0n) is 15.7. The molecule has 0 aromatic heterocycles. The Bertz CT molecular complexity index is 873. The van der Waals surface area contributed by atoms with Gasteiger partial charge in [-0.25, -0.2) is 4.79 Å². The lowest BCUT2D eigenvalue weighted by atomic mass is 9.81. The van der Waals surface area contributed by atoms with Crippen LogP contribution in [-0.4, -0.2) is 37.9 Å². The summed E-state index contributed by atoms with van der Waals surface area (Å²) in [6.45, 7) is 3.53. The Morgan fingerprint density at radius 1 is 1.26 bits per heavy atom. The molecule has 0 spiro atoms. The van der Waals surface area contributed by atoms with Gasteiger partial charge in [0.15, 0.2) is 0 Å². The molecule has 5 nitrogen and oxygen atoms in total. The molecule has 0 aliphatic carbocycles. The summed E-state index contributed by atoms with van der Waals surface area (Å²) in [4.78, 5) is 16.8. The van der Waals surface area contributed by atoms with E-state index in [4.69, 9.17) is 9.47 Å². The van der Waals surface area contributed by atoms with Gasteiger partial charge in [-0.15, -0.1) is 0 Å². The fourth-order valence-electron chi connectivity index (χ4n) is 4.53. The molecule has 6 heteroatoms. The number of ether oxygens (including phenoxy) is 2. The first kappa shape index (κ1) is 18.3. The molecule has 2 aromatic rings. The normalized spacial score (nSPS) is 23.9. The van der Waals surface area contributed by atoms with Crippen molar-refractivity contribution in [2.75, 3.05) is 25.5 Å². The average molecular weight is 431 g/mol. The van der Waals surface area contributed by atoms with Crippen molar-refractivity contribution < 1.29 is 14.3 Å². The molecule has 0 unspecified atom stereocenters. The summed E-state index contributed by atoms with van der Waals surface area (Å²) in [5.74, 6) is 0.503. The van der Waals surface area contributed by atoms with E-state index < -0.39 is 6.16 Å². The standard InChI is InChI=1S/C21H23BrN2O3/c1-21-9-10-23(2)19(21)24(3)18-16(21)11-15(12-17(18)22)27-20(25)26-13-14-7-5-4-6-8-14/h4-8,11-12,19H,9-10,13H2,1-3H3/t19-,21+/m1/s1. The number of halogens is 1. The molecular weight excluding hydrogens is 408 g/mol.